The van der Waals surface area contributed by atoms with E-state index in [0.717, 1.165) is 11.1 Å². The van der Waals surface area contributed by atoms with Crippen LogP contribution in [0, 0.1) is 0 Å². The molecule has 17 heavy (non-hydrogen) atoms. The molecule has 0 heterocycles. The van der Waals surface area contributed by atoms with Crippen LogP contribution >= 0.6 is 0 Å². The van der Waals surface area contributed by atoms with E-state index in [4.69, 9.17) is 0 Å². The summed E-state index contributed by atoms with van der Waals surface area (Å²) in [6.45, 7) is 0. The SMILES string of the molecule is O=[Se](=O)(Cc1ccccc1)Cc1ccccc1. The molecule has 3 heteroatoms. The molecule has 0 atom stereocenters. The van der Waals surface area contributed by atoms with Crippen LogP contribution in [0.3, 0.4) is 0 Å². The second-order valence-electron chi connectivity index (χ2n) is 4.00. The van der Waals surface area contributed by atoms with E-state index in [2.05, 4.69) is 0 Å². The molecule has 2 aromatic carbocycles. The minimum atomic E-state index is -3.87. The Morgan fingerprint density at radius 2 is 1.00 bits per heavy atom. The number of benzene rings is 2. The van der Waals surface area contributed by atoms with Gasteiger partial charge in [-0.1, -0.05) is 0 Å². The van der Waals surface area contributed by atoms with Gasteiger partial charge in [-0.2, -0.15) is 0 Å². The summed E-state index contributed by atoms with van der Waals surface area (Å²) in [6.07, 6.45) is 0. The molecule has 0 unspecified atom stereocenters. The summed E-state index contributed by atoms with van der Waals surface area (Å²) in [6, 6.07) is 18.7. The van der Waals surface area contributed by atoms with Gasteiger partial charge in [-0.25, -0.2) is 0 Å². The third-order valence-electron chi connectivity index (χ3n) is 2.46. The predicted molar refractivity (Wildman–Crippen MR) is 67.4 cm³/mol. The molecule has 0 aliphatic carbocycles. The molecule has 88 valence electrons. The fraction of sp³-hybridized carbons (Fsp3) is 0.143. The molecule has 0 saturated heterocycles. The average Bonchev–Trinajstić information content (AvgIpc) is 2.30. The van der Waals surface area contributed by atoms with Gasteiger partial charge in [-0.05, 0) is 0 Å². The first-order chi connectivity index (χ1) is 8.16. The molecule has 0 spiro atoms. The van der Waals surface area contributed by atoms with Gasteiger partial charge in [0, 0.05) is 0 Å². The van der Waals surface area contributed by atoms with E-state index in [9.17, 15) is 7.67 Å². The topological polar surface area (TPSA) is 34.1 Å². The summed E-state index contributed by atoms with van der Waals surface area (Å²) in [5.41, 5.74) is 1.74. The maximum atomic E-state index is 12.0. The standard InChI is InChI=1S/C14H14O2Se/c15-17(16,11-13-7-3-1-4-8-13)12-14-9-5-2-6-10-14/h1-10H,11-12H2. The Bertz CT molecular complexity index is 512. The van der Waals surface area contributed by atoms with Gasteiger partial charge in [0.2, 0.25) is 0 Å². The van der Waals surface area contributed by atoms with Crippen LogP contribution in [-0.4, -0.2) is 12.7 Å². The Balaban J connectivity index is 2.11. The van der Waals surface area contributed by atoms with Gasteiger partial charge in [0.1, 0.15) is 0 Å². The minimum absolute atomic E-state index is 0.173. The molecule has 0 fully saturated rings. The summed E-state index contributed by atoms with van der Waals surface area (Å²) >= 11 is -3.87. The Kier molecular flexibility index (Phi) is 3.72. The van der Waals surface area contributed by atoms with Crippen LogP contribution in [-0.2, 0) is 18.3 Å². The summed E-state index contributed by atoms with van der Waals surface area (Å²) in [5, 5.41) is 0.346. The molecule has 0 aliphatic rings. The zero-order valence-electron chi connectivity index (χ0n) is 9.41. The van der Waals surface area contributed by atoms with Gasteiger partial charge in [0.15, 0.2) is 0 Å². The van der Waals surface area contributed by atoms with E-state index in [1.807, 2.05) is 60.7 Å². The second-order valence-corrected chi connectivity index (χ2v) is 8.33. The molecule has 0 aliphatic heterocycles. The molecule has 0 aromatic heterocycles. The molecule has 0 radical (unpaired) electrons. The zero-order valence-corrected chi connectivity index (χ0v) is 11.1. The number of hydrogen-bond donors (Lipinski definition) is 0. The molecular formula is C14H14O2Se. The fourth-order valence-electron chi connectivity index (χ4n) is 1.71. The van der Waals surface area contributed by atoms with Crippen molar-refractivity contribution in [2.45, 2.75) is 10.6 Å². The molecule has 2 nitrogen and oxygen atoms in total. The van der Waals surface area contributed by atoms with Crippen LogP contribution in [0.2, 0.25) is 0 Å². The van der Waals surface area contributed by atoms with Gasteiger partial charge in [0.25, 0.3) is 0 Å². The van der Waals surface area contributed by atoms with Crippen molar-refractivity contribution in [2.75, 3.05) is 0 Å². The summed E-state index contributed by atoms with van der Waals surface area (Å²) in [5.74, 6) is 0. The van der Waals surface area contributed by atoms with E-state index in [-0.39, 0.29) is 10.6 Å². The van der Waals surface area contributed by atoms with Crippen molar-refractivity contribution in [2.24, 2.45) is 0 Å². The quantitative estimate of drug-likeness (QED) is 0.812. The van der Waals surface area contributed by atoms with Crippen molar-refractivity contribution >= 4 is 12.7 Å². The van der Waals surface area contributed by atoms with Crippen LogP contribution in [0.5, 0.6) is 0 Å². The van der Waals surface area contributed by atoms with Crippen molar-refractivity contribution in [1.29, 1.82) is 0 Å². The van der Waals surface area contributed by atoms with Crippen molar-refractivity contribution < 1.29 is 7.67 Å². The molecule has 0 N–H and O–H groups in total. The normalized spacial score (nSPS) is 11.3. The van der Waals surface area contributed by atoms with E-state index < -0.39 is 12.7 Å². The van der Waals surface area contributed by atoms with Crippen LogP contribution in [0.1, 0.15) is 11.1 Å². The zero-order chi connectivity index (χ0) is 12.1. The Morgan fingerprint density at radius 1 is 0.647 bits per heavy atom. The van der Waals surface area contributed by atoms with Crippen molar-refractivity contribution in [3.8, 4) is 0 Å². The van der Waals surface area contributed by atoms with Crippen LogP contribution in [0.4, 0.5) is 0 Å². The van der Waals surface area contributed by atoms with Gasteiger partial charge in [-0.3, -0.25) is 0 Å². The third-order valence-corrected chi connectivity index (χ3v) is 5.70. The molecule has 2 rings (SSSR count). The summed E-state index contributed by atoms with van der Waals surface area (Å²) < 4.78 is 24.1. The van der Waals surface area contributed by atoms with E-state index in [1.54, 1.807) is 0 Å². The maximum absolute atomic E-state index is 12.0. The molecule has 2 aromatic rings. The van der Waals surface area contributed by atoms with Crippen molar-refractivity contribution in [3.63, 3.8) is 0 Å². The molecule has 0 saturated carbocycles. The third kappa shape index (κ3) is 3.81. The molecular weight excluding hydrogens is 279 g/mol. The second kappa shape index (κ2) is 5.26. The van der Waals surface area contributed by atoms with E-state index in [0.29, 0.717) is 0 Å². The number of hydrogen-bond acceptors (Lipinski definition) is 2. The monoisotopic (exact) mass is 294 g/mol. The molecule has 0 amide bonds. The molecule has 0 bridgehead atoms. The average molecular weight is 293 g/mol. The van der Waals surface area contributed by atoms with E-state index in [1.165, 1.54) is 0 Å². The predicted octanol–water partition coefficient (Wildman–Crippen LogP) is 2.85. The Hall–Kier alpha value is -1.44. The Labute approximate surface area is 103 Å². The summed E-state index contributed by atoms with van der Waals surface area (Å²) in [7, 11) is 0. The van der Waals surface area contributed by atoms with Crippen molar-refractivity contribution in [3.05, 3.63) is 71.8 Å². The van der Waals surface area contributed by atoms with Crippen LogP contribution in [0.15, 0.2) is 60.7 Å². The Morgan fingerprint density at radius 3 is 1.35 bits per heavy atom. The summed E-state index contributed by atoms with van der Waals surface area (Å²) in [4.78, 5) is 0. The first kappa shape index (κ1) is 12.0. The first-order valence-corrected chi connectivity index (χ1v) is 9.26. The van der Waals surface area contributed by atoms with Crippen LogP contribution < -0.4 is 0 Å². The van der Waals surface area contributed by atoms with Gasteiger partial charge < -0.3 is 0 Å². The van der Waals surface area contributed by atoms with Crippen molar-refractivity contribution in [1.82, 2.24) is 0 Å². The van der Waals surface area contributed by atoms with E-state index >= 15 is 0 Å². The van der Waals surface area contributed by atoms with Gasteiger partial charge >= 0.3 is 103 Å². The first-order valence-electron chi connectivity index (χ1n) is 5.44. The van der Waals surface area contributed by atoms with Crippen LogP contribution in [0.25, 0.3) is 0 Å². The van der Waals surface area contributed by atoms with Gasteiger partial charge in [0.05, 0.1) is 0 Å². The number of rotatable bonds is 4. The fourth-order valence-corrected chi connectivity index (χ4v) is 4.86. The van der Waals surface area contributed by atoms with Gasteiger partial charge in [-0.15, -0.1) is 0 Å².